The molecule has 0 amide bonds. The zero-order valence-electron chi connectivity index (χ0n) is 10.3. The number of halogens is 1. The van der Waals surface area contributed by atoms with Crippen LogP contribution in [0, 0.1) is 5.41 Å². The molecule has 0 bridgehead atoms. The van der Waals surface area contributed by atoms with E-state index < -0.39 is 0 Å². The van der Waals surface area contributed by atoms with Gasteiger partial charge >= 0.3 is 0 Å². The summed E-state index contributed by atoms with van der Waals surface area (Å²) < 4.78 is 1.29. The molecule has 1 aromatic rings. The first-order valence-electron chi connectivity index (χ1n) is 5.87. The summed E-state index contributed by atoms with van der Waals surface area (Å²) in [5.74, 6) is 0. The van der Waals surface area contributed by atoms with Crippen LogP contribution in [-0.2, 0) is 6.42 Å². The van der Waals surface area contributed by atoms with Gasteiger partial charge in [0, 0.05) is 21.4 Å². The lowest BCUT2D eigenvalue weighted by Crippen LogP contribution is -2.40. The lowest BCUT2D eigenvalue weighted by molar-refractivity contribution is 0.357. The van der Waals surface area contributed by atoms with Crippen molar-refractivity contribution in [2.45, 2.75) is 45.6 Å². The van der Waals surface area contributed by atoms with Crippen molar-refractivity contribution in [3.05, 3.63) is 20.8 Å². The SMILES string of the molecule is CC(C)(C)NCC1(Cc2sccc2Br)CC1. The summed E-state index contributed by atoms with van der Waals surface area (Å²) in [6.07, 6.45) is 3.98. The van der Waals surface area contributed by atoms with Gasteiger partial charge in [0.25, 0.3) is 0 Å². The van der Waals surface area contributed by atoms with E-state index >= 15 is 0 Å². The van der Waals surface area contributed by atoms with Crippen LogP contribution < -0.4 is 5.32 Å². The number of thiophene rings is 1. The Kier molecular flexibility index (Phi) is 3.49. The Balaban J connectivity index is 1.92. The van der Waals surface area contributed by atoms with Crippen LogP contribution in [0.1, 0.15) is 38.5 Å². The maximum Gasteiger partial charge on any atom is 0.0314 e. The first-order valence-corrected chi connectivity index (χ1v) is 7.54. The van der Waals surface area contributed by atoms with Gasteiger partial charge in [0.1, 0.15) is 0 Å². The minimum atomic E-state index is 0.238. The van der Waals surface area contributed by atoms with Gasteiger partial charge in [-0.2, -0.15) is 0 Å². The molecule has 1 nitrogen and oxygen atoms in total. The average Bonchev–Trinajstić information content (AvgIpc) is 2.83. The van der Waals surface area contributed by atoms with E-state index in [0.29, 0.717) is 5.41 Å². The third-order valence-electron chi connectivity index (χ3n) is 3.18. The molecule has 0 aromatic carbocycles. The van der Waals surface area contributed by atoms with Crippen molar-refractivity contribution in [1.82, 2.24) is 5.32 Å². The topological polar surface area (TPSA) is 12.0 Å². The second-order valence-electron chi connectivity index (χ2n) is 5.97. The molecule has 0 atom stereocenters. The molecule has 0 saturated heterocycles. The quantitative estimate of drug-likeness (QED) is 0.878. The summed E-state index contributed by atoms with van der Waals surface area (Å²) in [6.45, 7) is 7.87. The first kappa shape index (κ1) is 12.6. The van der Waals surface area contributed by atoms with Gasteiger partial charge in [0.2, 0.25) is 0 Å². The van der Waals surface area contributed by atoms with Crippen molar-refractivity contribution < 1.29 is 0 Å². The largest absolute Gasteiger partial charge is 0.312 e. The summed E-state index contributed by atoms with van der Waals surface area (Å²) in [6, 6.07) is 2.16. The van der Waals surface area contributed by atoms with Crippen molar-refractivity contribution in [1.29, 1.82) is 0 Å². The van der Waals surface area contributed by atoms with Crippen LogP contribution >= 0.6 is 27.3 Å². The Bertz CT molecular complexity index is 360. The highest BCUT2D eigenvalue weighted by Gasteiger charge is 2.43. The molecule has 1 N–H and O–H groups in total. The first-order chi connectivity index (χ1) is 7.40. The Morgan fingerprint density at radius 3 is 2.56 bits per heavy atom. The Hall–Kier alpha value is 0.140. The maximum atomic E-state index is 3.65. The lowest BCUT2D eigenvalue weighted by atomic mass is 9.99. The molecular formula is C13H20BrNS. The molecule has 16 heavy (non-hydrogen) atoms. The highest BCUT2D eigenvalue weighted by Crippen LogP contribution is 2.49. The molecule has 0 unspecified atom stereocenters. The molecule has 3 heteroatoms. The molecule has 90 valence electrons. The zero-order valence-corrected chi connectivity index (χ0v) is 12.7. The van der Waals surface area contributed by atoms with Crippen LogP contribution in [0.15, 0.2) is 15.9 Å². The Labute approximate surface area is 111 Å². The van der Waals surface area contributed by atoms with E-state index in [0.717, 1.165) is 6.54 Å². The average molecular weight is 302 g/mol. The van der Waals surface area contributed by atoms with E-state index in [2.05, 4.69) is 53.5 Å². The highest BCUT2D eigenvalue weighted by atomic mass is 79.9. The van der Waals surface area contributed by atoms with Crippen molar-refractivity contribution >= 4 is 27.3 Å². The fourth-order valence-electron chi connectivity index (χ4n) is 1.84. The molecule has 1 heterocycles. The third kappa shape index (κ3) is 3.31. The highest BCUT2D eigenvalue weighted by molar-refractivity contribution is 9.10. The molecule has 1 saturated carbocycles. The molecule has 1 aromatic heterocycles. The van der Waals surface area contributed by atoms with Crippen LogP contribution in [0.4, 0.5) is 0 Å². The standard InChI is InChI=1S/C13H20BrNS/c1-12(2,3)15-9-13(5-6-13)8-11-10(14)4-7-16-11/h4,7,15H,5-6,8-9H2,1-3H3. The number of hydrogen-bond donors (Lipinski definition) is 1. The van der Waals surface area contributed by atoms with Crippen LogP contribution in [0.25, 0.3) is 0 Å². The minimum absolute atomic E-state index is 0.238. The van der Waals surface area contributed by atoms with Gasteiger partial charge in [-0.1, -0.05) is 0 Å². The second-order valence-corrected chi connectivity index (χ2v) is 7.83. The monoisotopic (exact) mass is 301 g/mol. The van der Waals surface area contributed by atoms with Gasteiger partial charge in [0.05, 0.1) is 0 Å². The molecule has 0 aliphatic heterocycles. The van der Waals surface area contributed by atoms with Crippen molar-refractivity contribution in [2.75, 3.05) is 6.54 Å². The fraction of sp³-hybridized carbons (Fsp3) is 0.692. The smallest absolute Gasteiger partial charge is 0.0314 e. The van der Waals surface area contributed by atoms with Crippen molar-refractivity contribution in [3.8, 4) is 0 Å². The van der Waals surface area contributed by atoms with Crippen LogP contribution in [-0.4, -0.2) is 12.1 Å². The normalized spacial score (nSPS) is 18.8. The summed E-state index contributed by atoms with van der Waals surface area (Å²) >= 11 is 5.50. The maximum absolute atomic E-state index is 3.65. The van der Waals surface area contributed by atoms with E-state index in [4.69, 9.17) is 0 Å². The summed E-state index contributed by atoms with van der Waals surface area (Å²) in [5.41, 5.74) is 0.781. The van der Waals surface area contributed by atoms with Crippen LogP contribution in [0.3, 0.4) is 0 Å². The Morgan fingerprint density at radius 2 is 2.12 bits per heavy atom. The van der Waals surface area contributed by atoms with Gasteiger partial charge in [-0.3, -0.25) is 0 Å². The third-order valence-corrected chi connectivity index (χ3v) is 5.10. The molecule has 2 rings (SSSR count). The van der Waals surface area contributed by atoms with E-state index in [1.807, 2.05) is 11.3 Å². The van der Waals surface area contributed by atoms with Gasteiger partial charge in [-0.05, 0) is 72.8 Å². The fourth-order valence-corrected chi connectivity index (χ4v) is 3.50. The minimum Gasteiger partial charge on any atom is -0.312 e. The van der Waals surface area contributed by atoms with E-state index in [1.54, 1.807) is 0 Å². The second kappa shape index (κ2) is 4.43. The van der Waals surface area contributed by atoms with Gasteiger partial charge in [0.15, 0.2) is 0 Å². The number of rotatable bonds is 4. The van der Waals surface area contributed by atoms with Crippen LogP contribution in [0.5, 0.6) is 0 Å². The lowest BCUT2D eigenvalue weighted by Gasteiger charge is -2.25. The summed E-state index contributed by atoms with van der Waals surface area (Å²) in [5, 5.41) is 5.82. The van der Waals surface area contributed by atoms with Gasteiger partial charge in [-0.25, -0.2) is 0 Å². The van der Waals surface area contributed by atoms with E-state index in [1.165, 1.54) is 28.6 Å². The molecular weight excluding hydrogens is 282 g/mol. The van der Waals surface area contributed by atoms with Crippen molar-refractivity contribution in [2.24, 2.45) is 5.41 Å². The molecule has 1 aliphatic carbocycles. The van der Waals surface area contributed by atoms with E-state index in [9.17, 15) is 0 Å². The van der Waals surface area contributed by atoms with Gasteiger partial charge in [-0.15, -0.1) is 11.3 Å². The van der Waals surface area contributed by atoms with Crippen LogP contribution in [0.2, 0.25) is 0 Å². The Morgan fingerprint density at radius 1 is 1.44 bits per heavy atom. The van der Waals surface area contributed by atoms with Gasteiger partial charge < -0.3 is 5.32 Å². The molecule has 1 fully saturated rings. The molecule has 1 aliphatic rings. The number of nitrogens with one attached hydrogen (secondary N) is 1. The zero-order chi connectivity index (χ0) is 11.8. The molecule has 0 radical (unpaired) electrons. The van der Waals surface area contributed by atoms with E-state index in [-0.39, 0.29) is 5.54 Å². The van der Waals surface area contributed by atoms with Crippen molar-refractivity contribution in [3.63, 3.8) is 0 Å². The predicted octanol–water partition coefficient (Wildman–Crippen LogP) is 4.22. The molecule has 0 spiro atoms. The summed E-state index contributed by atoms with van der Waals surface area (Å²) in [7, 11) is 0. The predicted molar refractivity (Wildman–Crippen MR) is 75.1 cm³/mol. The number of hydrogen-bond acceptors (Lipinski definition) is 2. The summed E-state index contributed by atoms with van der Waals surface area (Å²) in [4.78, 5) is 1.51.